The van der Waals surface area contributed by atoms with E-state index in [-0.39, 0.29) is 11.7 Å². The van der Waals surface area contributed by atoms with E-state index in [1.807, 2.05) is 24.3 Å². The van der Waals surface area contributed by atoms with Crippen LogP contribution >= 0.6 is 0 Å². The summed E-state index contributed by atoms with van der Waals surface area (Å²) >= 11 is 0. The van der Waals surface area contributed by atoms with E-state index in [1.54, 1.807) is 0 Å². The zero-order valence-electron chi connectivity index (χ0n) is 11.1. The highest BCUT2D eigenvalue weighted by molar-refractivity contribution is 5.38. The molecule has 3 atom stereocenters. The van der Waals surface area contributed by atoms with E-state index in [9.17, 15) is 5.11 Å². The van der Waals surface area contributed by atoms with Gasteiger partial charge in [-0.15, -0.1) is 0 Å². The summed E-state index contributed by atoms with van der Waals surface area (Å²) in [4.78, 5) is 0. The Morgan fingerprint density at radius 2 is 2.06 bits per heavy atom. The summed E-state index contributed by atoms with van der Waals surface area (Å²) in [7, 11) is 0. The Kier molecular flexibility index (Phi) is 3.06. The third kappa shape index (κ3) is 2.14. The van der Waals surface area contributed by atoms with E-state index in [4.69, 9.17) is 4.74 Å². The van der Waals surface area contributed by atoms with Crippen molar-refractivity contribution in [3.8, 4) is 5.75 Å². The normalized spacial score (nSPS) is 35.7. The summed E-state index contributed by atoms with van der Waals surface area (Å²) in [6, 6.07) is 7.93. The maximum absolute atomic E-state index is 10.4. The fourth-order valence-electron chi connectivity index (χ4n) is 3.44. The number of aliphatic hydroxyl groups is 1. The zero-order chi connectivity index (χ0) is 12.6. The second-order valence-corrected chi connectivity index (χ2v) is 6.08. The standard InChI is InChI=1S/C16H22O2/c1-12-5-4-9-16(10-8-12)11-14(17)13-6-2-3-7-15(13)18-16/h2-3,6-7,12,14,17H,4-5,8-11H2,1H3/t12?,14-,16?/m0/s1. The van der Waals surface area contributed by atoms with Gasteiger partial charge in [0.2, 0.25) is 0 Å². The van der Waals surface area contributed by atoms with E-state index in [2.05, 4.69) is 6.92 Å². The van der Waals surface area contributed by atoms with Crippen LogP contribution in [-0.4, -0.2) is 10.7 Å². The molecular formula is C16H22O2. The van der Waals surface area contributed by atoms with Crippen molar-refractivity contribution in [2.24, 2.45) is 5.92 Å². The summed E-state index contributed by atoms with van der Waals surface area (Å²) in [5.41, 5.74) is 0.846. The predicted molar refractivity (Wildman–Crippen MR) is 71.6 cm³/mol. The highest BCUT2D eigenvalue weighted by Gasteiger charge is 2.41. The Balaban J connectivity index is 1.88. The SMILES string of the molecule is CC1CCCC2(CC1)C[C@H](O)c1ccccc1O2. The van der Waals surface area contributed by atoms with Gasteiger partial charge in [0.25, 0.3) is 0 Å². The molecule has 2 heteroatoms. The summed E-state index contributed by atoms with van der Waals surface area (Å²) in [5, 5.41) is 10.4. The van der Waals surface area contributed by atoms with Gasteiger partial charge in [0.15, 0.2) is 0 Å². The van der Waals surface area contributed by atoms with Crippen LogP contribution in [0.15, 0.2) is 24.3 Å². The van der Waals surface area contributed by atoms with E-state index in [0.29, 0.717) is 0 Å². The molecule has 18 heavy (non-hydrogen) atoms. The highest BCUT2D eigenvalue weighted by Crippen LogP contribution is 2.45. The third-order valence-electron chi connectivity index (χ3n) is 4.59. The number of fused-ring (bicyclic) bond motifs is 1. The first kappa shape index (κ1) is 12.0. The van der Waals surface area contributed by atoms with Crippen molar-refractivity contribution in [3.05, 3.63) is 29.8 Å². The van der Waals surface area contributed by atoms with Crippen molar-refractivity contribution in [2.45, 2.75) is 57.2 Å². The fraction of sp³-hybridized carbons (Fsp3) is 0.625. The summed E-state index contributed by atoms with van der Waals surface area (Å²) in [5.74, 6) is 1.69. The third-order valence-corrected chi connectivity index (χ3v) is 4.59. The minimum atomic E-state index is -0.358. The van der Waals surface area contributed by atoms with Crippen LogP contribution in [0.4, 0.5) is 0 Å². The molecule has 1 spiro atoms. The van der Waals surface area contributed by atoms with Gasteiger partial charge in [-0.2, -0.15) is 0 Å². The Morgan fingerprint density at radius 1 is 1.22 bits per heavy atom. The average Bonchev–Trinajstić information content (AvgIpc) is 2.53. The Bertz CT molecular complexity index is 429. The van der Waals surface area contributed by atoms with Crippen molar-refractivity contribution in [1.82, 2.24) is 0 Å². The van der Waals surface area contributed by atoms with Crippen molar-refractivity contribution in [2.75, 3.05) is 0 Å². The molecular weight excluding hydrogens is 224 g/mol. The molecule has 0 bridgehead atoms. The largest absolute Gasteiger partial charge is 0.487 e. The van der Waals surface area contributed by atoms with E-state index in [1.165, 1.54) is 19.3 Å². The highest BCUT2D eigenvalue weighted by atomic mass is 16.5. The second-order valence-electron chi connectivity index (χ2n) is 6.08. The molecule has 1 fully saturated rings. The van der Waals surface area contributed by atoms with Crippen LogP contribution in [0.1, 0.15) is 57.1 Å². The quantitative estimate of drug-likeness (QED) is 0.753. The van der Waals surface area contributed by atoms with Crippen molar-refractivity contribution in [1.29, 1.82) is 0 Å². The van der Waals surface area contributed by atoms with Gasteiger partial charge in [0.05, 0.1) is 6.10 Å². The molecule has 0 aromatic heterocycles. The number of aliphatic hydroxyl groups excluding tert-OH is 1. The number of rotatable bonds is 0. The Labute approximate surface area is 109 Å². The monoisotopic (exact) mass is 246 g/mol. The summed E-state index contributed by atoms with van der Waals surface area (Å²) < 4.78 is 6.30. The van der Waals surface area contributed by atoms with Crippen LogP contribution in [0.5, 0.6) is 5.75 Å². The van der Waals surface area contributed by atoms with Gasteiger partial charge in [0, 0.05) is 12.0 Å². The van der Waals surface area contributed by atoms with Crippen LogP contribution in [0.25, 0.3) is 0 Å². The number of para-hydroxylation sites is 1. The second kappa shape index (κ2) is 4.58. The van der Waals surface area contributed by atoms with E-state index < -0.39 is 0 Å². The van der Waals surface area contributed by atoms with Crippen LogP contribution in [-0.2, 0) is 0 Å². The van der Waals surface area contributed by atoms with Gasteiger partial charge in [-0.05, 0) is 37.7 Å². The maximum atomic E-state index is 10.4. The molecule has 3 rings (SSSR count). The lowest BCUT2D eigenvalue weighted by Crippen LogP contribution is -2.40. The molecule has 0 amide bonds. The lowest BCUT2D eigenvalue weighted by Gasteiger charge is -2.40. The molecule has 1 saturated carbocycles. The molecule has 2 nitrogen and oxygen atoms in total. The Morgan fingerprint density at radius 3 is 2.94 bits per heavy atom. The Hall–Kier alpha value is -1.02. The van der Waals surface area contributed by atoms with Gasteiger partial charge in [-0.25, -0.2) is 0 Å². The molecule has 1 aromatic carbocycles. The van der Waals surface area contributed by atoms with Crippen LogP contribution in [0, 0.1) is 5.92 Å². The van der Waals surface area contributed by atoms with Gasteiger partial charge >= 0.3 is 0 Å². The van der Waals surface area contributed by atoms with Gasteiger partial charge in [-0.3, -0.25) is 0 Å². The minimum Gasteiger partial charge on any atom is -0.487 e. The maximum Gasteiger partial charge on any atom is 0.125 e. The molecule has 1 heterocycles. The molecule has 1 N–H and O–H groups in total. The summed E-state index contributed by atoms with van der Waals surface area (Å²) in [6.07, 6.45) is 6.30. The van der Waals surface area contributed by atoms with Crippen LogP contribution in [0.2, 0.25) is 0 Å². The first-order valence-electron chi connectivity index (χ1n) is 7.15. The van der Waals surface area contributed by atoms with Gasteiger partial charge in [-0.1, -0.05) is 31.5 Å². The first-order chi connectivity index (χ1) is 8.69. The number of hydrogen-bond acceptors (Lipinski definition) is 2. The van der Waals surface area contributed by atoms with Crippen molar-refractivity contribution < 1.29 is 9.84 Å². The van der Waals surface area contributed by atoms with Crippen LogP contribution in [0.3, 0.4) is 0 Å². The topological polar surface area (TPSA) is 29.5 Å². The molecule has 1 aliphatic carbocycles. The zero-order valence-corrected chi connectivity index (χ0v) is 11.1. The number of benzene rings is 1. The number of hydrogen-bond donors (Lipinski definition) is 1. The first-order valence-corrected chi connectivity index (χ1v) is 7.15. The predicted octanol–water partition coefficient (Wildman–Crippen LogP) is 3.84. The lowest BCUT2D eigenvalue weighted by atomic mass is 9.83. The van der Waals surface area contributed by atoms with Crippen molar-refractivity contribution >= 4 is 0 Å². The van der Waals surface area contributed by atoms with Gasteiger partial charge < -0.3 is 9.84 Å². The molecule has 2 unspecified atom stereocenters. The van der Waals surface area contributed by atoms with Gasteiger partial charge in [0.1, 0.15) is 11.4 Å². The molecule has 1 aliphatic heterocycles. The smallest absolute Gasteiger partial charge is 0.125 e. The lowest BCUT2D eigenvalue weighted by molar-refractivity contribution is -0.0249. The summed E-state index contributed by atoms with van der Waals surface area (Å²) in [6.45, 7) is 2.33. The minimum absolute atomic E-state index is 0.113. The van der Waals surface area contributed by atoms with Crippen molar-refractivity contribution in [3.63, 3.8) is 0 Å². The van der Waals surface area contributed by atoms with E-state index in [0.717, 1.165) is 36.5 Å². The van der Waals surface area contributed by atoms with Crippen LogP contribution < -0.4 is 4.74 Å². The molecule has 1 aromatic rings. The molecule has 2 aliphatic rings. The molecule has 98 valence electrons. The molecule has 0 radical (unpaired) electrons. The fourth-order valence-corrected chi connectivity index (χ4v) is 3.44. The molecule has 0 saturated heterocycles. The van der Waals surface area contributed by atoms with E-state index >= 15 is 0 Å². The number of ether oxygens (including phenoxy) is 1. The average molecular weight is 246 g/mol.